The van der Waals surface area contributed by atoms with Gasteiger partial charge in [-0.15, -0.1) is 0 Å². The number of rotatable bonds is 4. The SMILES string of the molecule is C/C(=N\P(=O)(c1ccccc1)c1ccccc1)c1cccc2ccccc12. The average Bonchev–Trinajstić information content (AvgIpc) is 2.74. The smallest absolute Gasteiger partial charge is 0.247 e. The maximum Gasteiger partial charge on any atom is 0.247 e. The number of hydrogen-bond donors (Lipinski definition) is 0. The zero-order chi connectivity index (χ0) is 18.7. The molecule has 0 spiro atoms. The van der Waals surface area contributed by atoms with E-state index in [1.807, 2.05) is 91.9 Å². The topological polar surface area (TPSA) is 29.4 Å². The van der Waals surface area contributed by atoms with Crippen molar-refractivity contribution in [1.82, 2.24) is 0 Å². The molecule has 0 saturated carbocycles. The molecule has 0 saturated heterocycles. The highest BCUT2D eigenvalue weighted by atomic mass is 31.2. The first-order valence-electron chi connectivity index (χ1n) is 8.95. The van der Waals surface area contributed by atoms with E-state index in [0.29, 0.717) is 0 Å². The first-order valence-corrected chi connectivity index (χ1v) is 10.6. The van der Waals surface area contributed by atoms with Crippen molar-refractivity contribution in [2.45, 2.75) is 6.92 Å². The van der Waals surface area contributed by atoms with E-state index in [0.717, 1.165) is 32.7 Å². The molecule has 0 aliphatic rings. The molecule has 0 fully saturated rings. The lowest BCUT2D eigenvalue weighted by atomic mass is 10.0. The van der Waals surface area contributed by atoms with Crippen molar-refractivity contribution in [2.24, 2.45) is 4.76 Å². The molecule has 4 rings (SSSR count). The molecule has 0 radical (unpaired) electrons. The van der Waals surface area contributed by atoms with Crippen molar-refractivity contribution in [3.05, 3.63) is 109 Å². The van der Waals surface area contributed by atoms with Crippen molar-refractivity contribution in [3.63, 3.8) is 0 Å². The van der Waals surface area contributed by atoms with Gasteiger partial charge >= 0.3 is 0 Å². The van der Waals surface area contributed by atoms with Crippen molar-refractivity contribution >= 4 is 34.4 Å². The molecule has 132 valence electrons. The Bertz CT molecular complexity index is 1100. The number of fused-ring (bicyclic) bond motifs is 1. The predicted molar refractivity (Wildman–Crippen MR) is 116 cm³/mol. The zero-order valence-corrected chi connectivity index (χ0v) is 16.0. The van der Waals surface area contributed by atoms with Crippen LogP contribution in [0.3, 0.4) is 0 Å². The minimum atomic E-state index is -3.14. The highest BCUT2D eigenvalue weighted by Gasteiger charge is 2.26. The molecule has 0 N–H and O–H groups in total. The lowest BCUT2D eigenvalue weighted by Crippen LogP contribution is -2.15. The minimum Gasteiger partial charge on any atom is -0.288 e. The van der Waals surface area contributed by atoms with Crippen LogP contribution in [0.25, 0.3) is 10.8 Å². The Morgan fingerprint density at radius 2 is 1.19 bits per heavy atom. The Morgan fingerprint density at radius 1 is 0.667 bits per heavy atom. The van der Waals surface area contributed by atoms with Gasteiger partial charge in [-0.05, 0) is 42.0 Å². The van der Waals surface area contributed by atoms with Gasteiger partial charge in [-0.25, -0.2) is 4.76 Å². The Labute approximate surface area is 159 Å². The van der Waals surface area contributed by atoms with Crippen LogP contribution in [0.2, 0.25) is 0 Å². The summed E-state index contributed by atoms with van der Waals surface area (Å²) in [5.74, 6) is 0. The Balaban J connectivity index is 1.93. The Kier molecular flexibility index (Phi) is 4.75. The summed E-state index contributed by atoms with van der Waals surface area (Å²) in [5, 5.41) is 3.76. The highest BCUT2D eigenvalue weighted by Crippen LogP contribution is 2.45. The molecule has 27 heavy (non-hydrogen) atoms. The van der Waals surface area contributed by atoms with E-state index < -0.39 is 7.29 Å². The molecule has 0 aliphatic carbocycles. The summed E-state index contributed by atoms with van der Waals surface area (Å²) in [4.78, 5) is 0. The third-order valence-corrected chi connectivity index (χ3v) is 7.26. The molecule has 0 aromatic heterocycles. The van der Waals surface area contributed by atoms with Crippen LogP contribution in [0.15, 0.2) is 108 Å². The normalized spacial score (nSPS) is 12.3. The average molecular weight is 369 g/mol. The minimum absolute atomic E-state index is 0.746. The second-order valence-electron chi connectivity index (χ2n) is 6.46. The summed E-state index contributed by atoms with van der Waals surface area (Å²) in [6, 6.07) is 33.4. The monoisotopic (exact) mass is 369 g/mol. The second kappa shape index (κ2) is 7.34. The van der Waals surface area contributed by atoms with Gasteiger partial charge in [-0.3, -0.25) is 4.57 Å². The summed E-state index contributed by atoms with van der Waals surface area (Å²) >= 11 is 0. The standard InChI is InChI=1S/C24H20NOP/c1-19(23-18-10-12-20-11-8-9-17-24(20)23)25-27(26,21-13-4-2-5-14-21)22-15-6-3-7-16-22/h2-18H,1H3/b25-19+. The fourth-order valence-electron chi connectivity index (χ4n) is 3.33. The van der Waals surface area contributed by atoms with E-state index in [-0.39, 0.29) is 0 Å². The Morgan fingerprint density at radius 3 is 1.81 bits per heavy atom. The van der Waals surface area contributed by atoms with Gasteiger partial charge in [0.2, 0.25) is 7.29 Å². The van der Waals surface area contributed by atoms with Gasteiger partial charge in [-0.2, -0.15) is 0 Å². The summed E-state index contributed by atoms with van der Waals surface area (Å²) in [6.07, 6.45) is 0. The maximum absolute atomic E-state index is 14.1. The lowest BCUT2D eigenvalue weighted by Gasteiger charge is -2.16. The third kappa shape index (κ3) is 3.37. The molecule has 2 nitrogen and oxygen atoms in total. The maximum atomic E-state index is 14.1. The van der Waals surface area contributed by atoms with Crippen LogP contribution in [0.1, 0.15) is 12.5 Å². The van der Waals surface area contributed by atoms with E-state index in [1.165, 1.54) is 0 Å². The van der Waals surface area contributed by atoms with Gasteiger partial charge in [0, 0.05) is 21.9 Å². The zero-order valence-electron chi connectivity index (χ0n) is 15.1. The van der Waals surface area contributed by atoms with Gasteiger partial charge in [0.05, 0.1) is 0 Å². The molecule has 4 aromatic carbocycles. The van der Waals surface area contributed by atoms with E-state index in [4.69, 9.17) is 4.76 Å². The van der Waals surface area contributed by atoms with Crippen LogP contribution >= 0.6 is 7.29 Å². The molecule has 4 aromatic rings. The molecule has 3 heteroatoms. The van der Waals surface area contributed by atoms with Gasteiger partial charge in [0.25, 0.3) is 0 Å². The van der Waals surface area contributed by atoms with Crippen LogP contribution in [-0.2, 0) is 4.57 Å². The molecular weight excluding hydrogens is 349 g/mol. The van der Waals surface area contributed by atoms with E-state index in [9.17, 15) is 4.57 Å². The number of hydrogen-bond acceptors (Lipinski definition) is 1. The largest absolute Gasteiger partial charge is 0.288 e. The summed E-state index contributed by atoms with van der Waals surface area (Å²) in [7, 11) is -3.14. The molecule has 0 aliphatic heterocycles. The van der Waals surface area contributed by atoms with Gasteiger partial charge in [0.1, 0.15) is 0 Å². The summed E-state index contributed by atoms with van der Waals surface area (Å²) in [5.41, 5.74) is 1.79. The van der Waals surface area contributed by atoms with E-state index in [2.05, 4.69) is 18.2 Å². The van der Waals surface area contributed by atoms with Crippen LogP contribution in [0, 0.1) is 0 Å². The molecule has 0 amide bonds. The highest BCUT2D eigenvalue weighted by molar-refractivity contribution is 7.77. The van der Waals surface area contributed by atoms with Gasteiger partial charge < -0.3 is 0 Å². The molecule has 0 bridgehead atoms. The van der Waals surface area contributed by atoms with Crippen molar-refractivity contribution < 1.29 is 4.57 Å². The fraction of sp³-hybridized carbons (Fsp3) is 0.0417. The van der Waals surface area contributed by atoms with Crippen molar-refractivity contribution in [3.8, 4) is 0 Å². The molecule has 0 heterocycles. The molecular formula is C24H20NOP. The first-order chi connectivity index (χ1) is 13.2. The van der Waals surface area contributed by atoms with Crippen LogP contribution in [0.4, 0.5) is 0 Å². The van der Waals surface area contributed by atoms with Gasteiger partial charge in [0.15, 0.2) is 0 Å². The molecule has 0 atom stereocenters. The van der Waals surface area contributed by atoms with Gasteiger partial charge in [-0.1, -0.05) is 78.9 Å². The summed E-state index contributed by atoms with van der Waals surface area (Å²) < 4.78 is 19.0. The first kappa shape index (κ1) is 17.5. The molecule has 0 unspecified atom stereocenters. The Hall–Kier alpha value is -2.96. The van der Waals surface area contributed by atoms with Crippen LogP contribution in [0.5, 0.6) is 0 Å². The van der Waals surface area contributed by atoms with E-state index >= 15 is 0 Å². The second-order valence-corrected chi connectivity index (χ2v) is 8.84. The number of nitrogens with zero attached hydrogens (tertiary/aromatic N) is 1. The predicted octanol–water partition coefficient (Wildman–Crippen LogP) is 5.58. The van der Waals surface area contributed by atoms with Crippen molar-refractivity contribution in [1.29, 1.82) is 0 Å². The summed E-state index contributed by atoms with van der Waals surface area (Å²) in [6.45, 7) is 1.94. The van der Waals surface area contributed by atoms with E-state index in [1.54, 1.807) is 0 Å². The van der Waals surface area contributed by atoms with Crippen molar-refractivity contribution in [2.75, 3.05) is 0 Å². The number of benzene rings is 4. The fourth-order valence-corrected chi connectivity index (χ4v) is 5.54. The lowest BCUT2D eigenvalue weighted by molar-refractivity contribution is 0.588. The third-order valence-electron chi connectivity index (χ3n) is 4.68. The van der Waals surface area contributed by atoms with Crippen LogP contribution in [-0.4, -0.2) is 5.71 Å². The van der Waals surface area contributed by atoms with Crippen LogP contribution < -0.4 is 10.6 Å². The quantitative estimate of drug-likeness (QED) is 0.341.